The molecular formula is C16H12F3NO4. The summed E-state index contributed by atoms with van der Waals surface area (Å²) >= 11 is 0. The number of ether oxygens (including phenoxy) is 3. The summed E-state index contributed by atoms with van der Waals surface area (Å²) in [5, 5.41) is 2.55. The number of benzene rings is 2. The van der Waals surface area contributed by atoms with Gasteiger partial charge in [-0.05, 0) is 18.2 Å². The Hall–Kier alpha value is -2.90. The lowest BCUT2D eigenvalue weighted by Crippen LogP contribution is -2.24. The largest absolute Gasteiger partial charge is 0.573 e. The average Bonchev–Trinajstić information content (AvgIpc) is 3.00. The summed E-state index contributed by atoms with van der Waals surface area (Å²) in [6, 6.07) is 10.4. The van der Waals surface area contributed by atoms with Crippen LogP contribution < -0.4 is 19.5 Å². The second kappa shape index (κ2) is 6.31. The molecule has 0 saturated heterocycles. The molecule has 1 amide bonds. The average molecular weight is 339 g/mol. The highest BCUT2D eigenvalue weighted by molar-refractivity contribution is 5.97. The summed E-state index contributed by atoms with van der Waals surface area (Å²) in [5.41, 5.74) is 0.451. The van der Waals surface area contributed by atoms with Crippen LogP contribution in [0.15, 0.2) is 42.5 Å². The van der Waals surface area contributed by atoms with E-state index in [0.29, 0.717) is 11.5 Å². The van der Waals surface area contributed by atoms with Crippen LogP contribution in [0.4, 0.5) is 13.2 Å². The maximum atomic E-state index is 12.4. The van der Waals surface area contributed by atoms with Gasteiger partial charge in [-0.15, -0.1) is 13.2 Å². The monoisotopic (exact) mass is 339 g/mol. The van der Waals surface area contributed by atoms with Crippen molar-refractivity contribution in [2.24, 2.45) is 0 Å². The van der Waals surface area contributed by atoms with Gasteiger partial charge in [0.25, 0.3) is 5.91 Å². The van der Waals surface area contributed by atoms with Crippen molar-refractivity contribution < 1.29 is 32.2 Å². The number of halogens is 3. The predicted octanol–water partition coefficient (Wildman–Crippen LogP) is 3.24. The van der Waals surface area contributed by atoms with Crippen LogP contribution in [0, 0.1) is 0 Å². The Labute approximate surface area is 134 Å². The van der Waals surface area contributed by atoms with E-state index in [2.05, 4.69) is 10.1 Å². The van der Waals surface area contributed by atoms with E-state index in [1.54, 1.807) is 24.3 Å². The summed E-state index contributed by atoms with van der Waals surface area (Å²) < 4.78 is 51.5. The predicted molar refractivity (Wildman–Crippen MR) is 76.9 cm³/mol. The number of carbonyl (C=O) groups excluding carboxylic acids is 1. The number of alkyl halides is 3. The Bertz CT molecular complexity index is 761. The second-order valence-electron chi connectivity index (χ2n) is 4.88. The lowest BCUT2D eigenvalue weighted by atomic mass is 10.1. The van der Waals surface area contributed by atoms with Crippen LogP contribution in [-0.4, -0.2) is 19.1 Å². The Morgan fingerprint density at radius 1 is 1.12 bits per heavy atom. The molecule has 2 aromatic rings. The van der Waals surface area contributed by atoms with Crippen LogP contribution in [0.5, 0.6) is 17.2 Å². The molecule has 1 aliphatic rings. The van der Waals surface area contributed by atoms with E-state index < -0.39 is 12.3 Å². The molecule has 0 fully saturated rings. The zero-order valence-electron chi connectivity index (χ0n) is 12.2. The Morgan fingerprint density at radius 3 is 2.71 bits per heavy atom. The van der Waals surface area contributed by atoms with Gasteiger partial charge in [-0.2, -0.15) is 0 Å². The maximum Gasteiger partial charge on any atom is 0.573 e. The molecule has 0 radical (unpaired) electrons. The van der Waals surface area contributed by atoms with Crippen LogP contribution in [0.3, 0.4) is 0 Å². The molecule has 0 saturated carbocycles. The molecule has 3 rings (SSSR count). The van der Waals surface area contributed by atoms with Crippen LogP contribution in [0.25, 0.3) is 0 Å². The van der Waals surface area contributed by atoms with Gasteiger partial charge in [0.1, 0.15) is 5.75 Å². The van der Waals surface area contributed by atoms with Crippen LogP contribution in [0.2, 0.25) is 0 Å². The van der Waals surface area contributed by atoms with Crippen molar-refractivity contribution in [2.45, 2.75) is 12.9 Å². The molecule has 1 heterocycles. The highest BCUT2D eigenvalue weighted by atomic mass is 19.4. The van der Waals surface area contributed by atoms with Crippen LogP contribution in [-0.2, 0) is 6.54 Å². The standard InChI is InChI=1S/C16H12F3NO4/c17-16(18,19)24-12-6-2-1-4-10(12)8-20-15(21)11-5-3-7-13-14(11)23-9-22-13/h1-7H,8-9H2,(H,20,21). The number of nitrogens with one attached hydrogen (secondary N) is 1. The van der Waals surface area contributed by atoms with Crippen molar-refractivity contribution in [2.75, 3.05) is 6.79 Å². The van der Waals surface area contributed by atoms with E-state index in [0.717, 1.165) is 0 Å². The number of carbonyl (C=O) groups is 1. The third kappa shape index (κ3) is 3.53. The normalized spacial score (nSPS) is 12.8. The Kier molecular flexibility index (Phi) is 4.20. The van der Waals surface area contributed by atoms with Gasteiger partial charge < -0.3 is 19.5 Å². The zero-order valence-corrected chi connectivity index (χ0v) is 12.2. The van der Waals surface area contributed by atoms with Gasteiger partial charge in [0.15, 0.2) is 11.5 Å². The number of amides is 1. The van der Waals surface area contributed by atoms with Gasteiger partial charge in [0.05, 0.1) is 5.56 Å². The number of hydrogen-bond donors (Lipinski definition) is 1. The van der Waals surface area contributed by atoms with Gasteiger partial charge in [0, 0.05) is 12.1 Å². The fraction of sp³-hybridized carbons (Fsp3) is 0.188. The number of fused-ring (bicyclic) bond motifs is 1. The minimum atomic E-state index is -4.80. The highest BCUT2D eigenvalue weighted by Crippen LogP contribution is 2.35. The lowest BCUT2D eigenvalue weighted by Gasteiger charge is -2.14. The van der Waals surface area contributed by atoms with Crippen LogP contribution in [0.1, 0.15) is 15.9 Å². The van der Waals surface area contributed by atoms with E-state index >= 15 is 0 Å². The van der Waals surface area contributed by atoms with Crippen LogP contribution >= 0.6 is 0 Å². The summed E-state index contributed by atoms with van der Waals surface area (Å²) in [6.45, 7) is -0.114. The van der Waals surface area contributed by atoms with E-state index in [1.165, 1.54) is 18.2 Å². The maximum absolute atomic E-state index is 12.4. The number of rotatable bonds is 4. The Morgan fingerprint density at radius 2 is 1.92 bits per heavy atom. The van der Waals surface area contributed by atoms with Crippen molar-refractivity contribution in [3.8, 4) is 17.2 Å². The molecule has 0 aromatic heterocycles. The van der Waals surface area contributed by atoms with E-state index in [4.69, 9.17) is 9.47 Å². The lowest BCUT2D eigenvalue weighted by molar-refractivity contribution is -0.274. The molecule has 24 heavy (non-hydrogen) atoms. The van der Waals surface area contributed by atoms with Gasteiger partial charge in [0.2, 0.25) is 6.79 Å². The molecule has 8 heteroatoms. The summed E-state index contributed by atoms with van der Waals surface area (Å²) in [6.07, 6.45) is -4.80. The minimum absolute atomic E-state index is 0.0158. The molecule has 1 aliphatic heterocycles. The van der Waals surface area contributed by atoms with Crippen molar-refractivity contribution in [3.63, 3.8) is 0 Å². The fourth-order valence-electron chi connectivity index (χ4n) is 2.25. The Balaban J connectivity index is 1.73. The molecule has 5 nitrogen and oxygen atoms in total. The molecule has 2 aromatic carbocycles. The van der Waals surface area contributed by atoms with Crippen molar-refractivity contribution in [1.82, 2.24) is 5.32 Å². The van der Waals surface area contributed by atoms with Crippen molar-refractivity contribution in [1.29, 1.82) is 0 Å². The first-order valence-corrected chi connectivity index (χ1v) is 6.94. The highest BCUT2D eigenvalue weighted by Gasteiger charge is 2.32. The topological polar surface area (TPSA) is 56.8 Å². The molecule has 0 spiro atoms. The van der Waals surface area contributed by atoms with Gasteiger partial charge in [-0.1, -0.05) is 24.3 Å². The summed E-state index contributed by atoms with van der Waals surface area (Å²) in [7, 11) is 0. The van der Waals surface area contributed by atoms with Gasteiger partial charge in [-0.3, -0.25) is 4.79 Å². The van der Waals surface area contributed by atoms with Gasteiger partial charge >= 0.3 is 6.36 Å². The molecule has 0 unspecified atom stereocenters. The molecular weight excluding hydrogens is 327 g/mol. The first kappa shape index (κ1) is 16.0. The summed E-state index contributed by atoms with van der Waals surface area (Å²) in [4.78, 5) is 12.3. The number of hydrogen-bond acceptors (Lipinski definition) is 4. The molecule has 126 valence electrons. The molecule has 0 atom stereocenters. The van der Waals surface area contributed by atoms with Gasteiger partial charge in [-0.25, -0.2) is 0 Å². The molecule has 0 bridgehead atoms. The molecule has 0 aliphatic carbocycles. The zero-order chi connectivity index (χ0) is 17.2. The van der Waals surface area contributed by atoms with E-state index in [-0.39, 0.29) is 30.2 Å². The minimum Gasteiger partial charge on any atom is -0.454 e. The second-order valence-corrected chi connectivity index (χ2v) is 4.88. The summed E-state index contributed by atoms with van der Waals surface area (Å²) in [5.74, 6) is -0.0828. The SMILES string of the molecule is O=C(NCc1ccccc1OC(F)(F)F)c1cccc2c1OCO2. The quantitative estimate of drug-likeness (QED) is 0.929. The van der Waals surface area contributed by atoms with E-state index in [1.807, 2.05) is 0 Å². The third-order valence-corrected chi connectivity index (χ3v) is 3.28. The fourth-order valence-corrected chi connectivity index (χ4v) is 2.25. The first-order valence-electron chi connectivity index (χ1n) is 6.94. The first-order chi connectivity index (χ1) is 11.4. The smallest absolute Gasteiger partial charge is 0.454 e. The third-order valence-electron chi connectivity index (χ3n) is 3.28. The van der Waals surface area contributed by atoms with E-state index in [9.17, 15) is 18.0 Å². The number of para-hydroxylation sites is 2. The molecule has 1 N–H and O–H groups in total. The van der Waals surface area contributed by atoms with Crippen molar-refractivity contribution >= 4 is 5.91 Å². The van der Waals surface area contributed by atoms with Crippen molar-refractivity contribution in [3.05, 3.63) is 53.6 Å².